The van der Waals surface area contributed by atoms with Gasteiger partial charge in [0.1, 0.15) is 0 Å². The van der Waals surface area contributed by atoms with E-state index in [9.17, 15) is 9.59 Å². The van der Waals surface area contributed by atoms with Gasteiger partial charge in [-0.1, -0.05) is 0 Å². The molecule has 2 heterocycles. The zero-order valence-electron chi connectivity index (χ0n) is 8.83. The predicted octanol–water partition coefficient (Wildman–Crippen LogP) is -0.0864. The Balaban J connectivity index is 2.61. The third-order valence-corrected chi connectivity index (χ3v) is 2.26. The molecule has 0 radical (unpaired) electrons. The summed E-state index contributed by atoms with van der Waals surface area (Å²) in [7, 11) is 0. The number of pyridine rings is 2. The minimum Gasteiger partial charge on any atom is -0.394 e. The number of nitrogen functional groups attached to an aromatic ring is 1. The van der Waals surface area contributed by atoms with Gasteiger partial charge < -0.3 is 11.5 Å². The largest absolute Gasteiger partial charge is 0.394 e. The molecule has 6 nitrogen and oxygen atoms in total. The third-order valence-electron chi connectivity index (χ3n) is 2.26. The summed E-state index contributed by atoms with van der Waals surface area (Å²) in [6, 6.07) is 4.62. The molecule has 1 amide bonds. The van der Waals surface area contributed by atoms with E-state index in [1.165, 1.54) is 29.1 Å². The number of carbonyl (C=O) groups is 1. The summed E-state index contributed by atoms with van der Waals surface area (Å²) in [5.74, 6) is -0.601. The first-order valence-electron chi connectivity index (χ1n) is 4.82. The average Bonchev–Trinajstić information content (AvgIpc) is 2.33. The Morgan fingerprint density at radius 1 is 1.35 bits per heavy atom. The van der Waals surface area contributed by atoms with E-state index in [4.69, 9.17) is 11.5 Å². The van der Waals surface area contributed by atoms with Gasteiger partial charge in [-0.05, 0) is 18.2 Å². The van der Waals surface area contributed by atoms with Crippen molar-refractivity contribution in [2.75, 3.05) is 5.73 Å². The summed E-state index contributed by atoms with van der Waals surface area (Å²) in [6.45, 7) is 0. The molecule has 0 saturated carbocycles. The molecule has 2 rings (SSSR count). The Kier molecular flexibility index (Phi) is 2.61. The van der Waals surface area contributed by atoms with Crippen LogP contribution in [-0.4, -0.2) is 15.5 Å². The van der Waals surface area contributed by atoms with E-state index in [0.29, 0.717) is 5.69 Å². The fourth-order valence-corrected chi connectivity index (χ4v) is 1.41. The van der Waals surface area contributed by atoms with Crippen LogP contribution in [-0.2, 0) is 0 Å². The van der Waals surface area contributed by atoms with Gasteiger partial charge in [-0.25, -0.2) is 0 Å². The molecular formula is C11H10N4O2. The predicted molar refractivity (Wildman–Crippen MR) is 62.8 cm³/mol. The molecule has 0 saturated heterocycles. The zero-order valence-corrected chi connectivity index (χ0v) is 8.83. The third kappa shape index (κ3) is 2.00. The van der Waals surface area contributed by atoms with Crippen LogP contribution in [0.15, 0.2) is 41.6 Å². The second-order valence-electron chi connectivity index (χ2n) is 3.43. The molecule has 0 aliphatic heterocycles. The van der Waals surface area contributed by atoms with Crippen molar-refractivity contribution >= 4 is 11.6 Å². The lowest BCUT2D eigenvalue weighted by molar-refractivity contribution is 0.1000. The summed E-state index contributed by atoms with van der Waals surface area (Å²) in [5, 5.41) is 0. The standard InChI is InChI=1S/C11H10N4O2/c12-9-2-1-3-15(11(9)17)8-4-7(10(13)16)5-14-6-8/h1-6H,12H2,(H2,13,16). The van der Waals surface area contributed by atoms with Gasteiger partial charge in [0.05, 0.1) is 23.1 Å². The van der Waals surface area contributed by atoms with Gasteiger partial charge in [0, 0.05) is 12.4 Å². The molecule has 0 unspecified atom stereocenters. The quantitative estimate of drug-likeness (QED) is 0.752. The summed E-state index contributed by atoms with van der Waals surface area (Å²) in [6.07, 6.45) is 4.33. The normalized spacial score (nSPS) is 10.1. The fourth-order valence-electron chi connectivity index (χ4n) is 1.41. The Hall–Kier alpha value is -2.63. The highest BCUT2D eigenvalue weighted by molar-refractivity contribution is 5.92. The first-order chi connectivity index (χ1) is 8.09. The Labute approximate surface area is 96.5 Å². The zero-order chi connectivity index (χ0) is 12.4. The highest BCUT2D eigenvalue weighted by Gasteiger charge is 2.06. The Bertz CT molecular complexity index is 633. The summed E-state index contributed by atoms with van der Waals surface area (Å²) in [5.41, 5.74) is 11.1. The monoisotopic (exact) mass is 230 g/mol. The van der Waals surface area contributed by atoms with Crippen LogP contribution >= 0.6 is 0 Å². The summed E-state index contributed by atoms with van der Waals surface area (Å²) < 4.78 is 1.30. The van der Waals surface area contributed by atoms with Crippen molar-refractivity contribution in [3.8, 4) is 5.69 Å². The lowest BCUT2D eigenvalue weighted by Crippen LogP contribution is -2.21. The van der Waals surface area contributed by atoms with Crippen molar-refractivity contribution in [1.29, 1.82) is 0 Å². The van der Waals surface area contributed by atoms with Gasteiger partial charge in [0.25, 0.3) is 5.56 Å². The van der Waals surface area contributed by atoms with E-state index in [2.05, 4.69) is 4.98 Å². The molecule has 17 heavy (non-hydrogen) atoms. The van der Waals surface area contributed by atoms with Crippen LogP contribution < -0.4 is 17.0 Å². The number of anilines is 1. The summed E-state index contributed by atoms with van der Waals surface area (Å²) in [4.78, 5) is 26.6. The van der Waals surface area contributed by atoms with Crippen molar-refractivity contribution in [1.82, 2.24) is 9.55 Å². The Morgan fingerprint density at radius 2 is 2.12 bits per heavy atom. The fraction of sp³-hybridized carbons (Fsp3) is 0. The van der Waals surface area contributed by atoms with Crippen molar-refractivity contribution in [3.63, 3.8) is 0 Å². The molecule has 0 spiro atoms. The number of nitrogens with two attached hydrogens (primary N) is 2. The van der Waals surface area contributed by atoms with Gasteiger partial charge in [-0.2, -0.15) is 0 Å². The van der Waals surface area contributed by atoms with E-state index in [-0.39, 0.29) is 16.8 Å². The van der Waals surface area contributed by atoms with Crippen LogP contribution in [0, 0.1) is 0 Å². The number of rotatable bonds is 2. The minimum atomic E-state index is -0.601. The van der Waals surface area contributed by atoms with Crippen molar-refractivity contribution in [2.45, 2.75) is 0 Å². The van der Waals surface area contributed by atoms with Crippen LogP contribution in [0.1, 0.15) is 10.4 Å². The number of primary amides is 1. The first-order valence-corrected chi connectivity index (χ1v) is 4.82. The smallest absolute Gasteiger partial charge is 0.278 e. The number of carbonyl (C=O) groups excluding carboxylic acids is 1. The molecule has 0 aliphatic carbocycles. The van der Waals surface area contributed by atoms with E-state index in [0.717, 1.165) is 0 Å². The van der Waals surface area contributed by atoms with Gasteiger partial charge in [0.15, 0.2) is 0 Å². The van der Waals surface area contributed by atoms with Crippen LogP contribution in [0.2, 0.25) is 0 Å². The second-order valence-corrected chi connectivity index (χ2v) is 3.43. The number of nitrogens with zero attached hydrogens (tertiary/aromatic N) is 2. The number of hydrogen-bond donors (Lipinski definition) is 2. The molecular weight excluding hydrogens is 220 g/mol. The van der Waals surface area contributed by atoms with Gasteiger partial charge in [-0.3, -0.25) is 19.1 Å². The van der Waals surface area contributed by atoms with E-state index in [1.807, 2.05) is 0 Å². The number of aromatic nitrogens is 2. The molecule has 0 aliphatic rings. The maximum atomic E-state index is 11.7. The molecule has 86 valence electrons. The molecule has 0 bridgehead atoms. The van der Waals surface area contributed by atoms with Gasteiger partial charge >= 0.3 is 0 Å². The molecule has 0 fully saturated rings. The molecule has 2 aromatic rings. The minimum absolute atomic E-state index is 0.122. The molecule has 0 aromatic carbocycles. The van der Waals surface area contributed by atoms with Crippen molar-refractivity contribution in [3.05, 3.63) is 52.7 Å². The molecule has 2 aromatic heterocycles. The first kappa shape index (κ1) is 10.9. The molecule has 4 N–H and O–H groups in total. The highest BCUT2D eigenvalue weighted by Crippen LogP contribution is 2.07. The number of amides is 1. The highest BCUT2D eigenvalue weighted by atomic mass is 16.1. The van der Waals surface area contributed by atoms with Crippen LogP contribution in [0.5, 0.6) is 0 Å². The van der Waals surface area contributed by atoms with E-state index >= 15 is 0 Å². The molecule has 0 atom stereocenters. The van der Waals surface area contributed by atoms with Gasteiger partial charge in [0.2, 0.25) is 5.91 Å². The topological polar surface area (TPSA) is 104 Å². The van der Waals surface area contributed by atoms with Gasteiger partial charge in [-0.15, -0.1) is 0 Å². The molecule has 6 heteroatoms. The number of hydrogen-bond acceptors (Lipinski definition) is 4. The maximum Gasteiger partial charge on any atom is 0.278 e. The van der Waals surface area contributed by atoms with Crippen molar-refractivity contribution < 1.29 is 4.79 Å². The second kappa shape index (κ2) is 4.09. The van der Waals surface area contributed by atoms with E-state index in [1.54, 1.807) is 12.3 Å². The lowest BCUT2D eigenvalue weighted by atomic mass is 10.2. The van der Waals surface area contributed by atoms with Crippen LogP contribution in [0.3, 0.4) is 0 Å². The van der Waals surface area contributed by atoms with Crippen molar-refractivity contribution in [2.24, 2.45) is 5.73 Å². The van der Waals surface area contributed by atoms with Crippen LogP contribution in [0.4, 0.5) is 5.69 Å². The van der Waals surface area contributed by atoms with E-state index < -0.39 is 5.91 Å². The van der Waals surface area contributed by atoms with Crippen LogP contribution in [0.25, 0.3) is 5.69 Å². The lowest BCUT2D eigenvalue weighted by Gasteiger charge is -2.06. The summed E-state index contributed by atoms with van der Waals surface area (Å²) >= 11 is 0. The SMILES string of the molecule is NC(=O)c1cncc(-n2cccc(N)c2=O)c1. The maximum absolute atomic E-state index is 11.7. The average molecular weight is 230 g/mol. The Morgan fingerprint density at radius 3 is 2.82 bits per heavy atom.